The molecule has 0 saturated carbocycles. The number of halogens is 1. The fraction of sp³-hybridized carbons (Fsp3) is 0.286. The van der Waals surface area contributed by atoms with Crippen LogP contribution >= 0.6 is 0 Å². The zero-order valence-corrected chi connectivity index (χ0v) is 10.9. The van der Waals surface area contributed by atoms with Gasteiger partial charge in [-0.3, -0.25) is 0 Å². The largest absolute Gasteiger partial charge is 0.384 e. The molecule has 0 aliphatic carbocycles. The molecule has 1 heterocycles. The number of hydrogen-bond donors (Lipinski definition) is 2. The van der Waals surface area contributed by atoms with Crippen LogP contribution in [0.2, 0.25) is 0 Å². The highest BCUT2D eigenvalue weighted by molar-refractivity contribution is 5.44. The summed E-state index contributed by atoms with van der Waals surface area (Å²) in [6.07, 6.45) is 1.52. The van der Waals surface area contributed by atoms with E-state index in [1.165, 1.54) is 6.07 Å². The lowest BCUT2D eigenvalue weighted by molar-refractivity contribution is 0.606. The zero-order valence-electron chi connectivity index (χ0n) is 10.9. The average Bonchev–Trinajstić information content (AvgIpc) is 2.35. The van der Waals surface area contributed by atoms with E-state index >= 15 is 0 Å². The van der Waals surface area contributed by atoms with E-state index in [0.29, 0.717) is 30.4 Å². The van der Waals surface area contributed by atoms with Gasteiger partial charge in [0.2, 0.25) is 0 Å². The lowest BCUT2D eigenvalue weighted by Gasteiger charge is -2.07. The van der Waals surface area contributed by atoms with E-state index in [2.05, 4.69) is 15.3 Å². The van der Waals surface area contributed by atoms with E-state index in [0.717, 1.165) is 12.0 Å². The molecule has 3 N–H and O–H groups in total. The van der Waals surface area contributed by atoms with Crippen LogP contribution in [0.5, 0.6) is 0 Å². The summed E-state index contributed by atoms with van der Waals surface area (Å²) >= 11 is 0. The van der Waals surface area contributed by atoms with Gasteiger partial charge in [-0.2, -0.15) is 0 Å². The quantitative estimate of drug-likeness (QED) is 0.811. The van der Waals surface area contributed by atoms with Crippen molar-refractivity contribution < 1.29 is 4.39 Å². The smallest absolute Gasteiger partial charge is 0.131 e. The Morgan fingerprint density at radius 2 is 2.05 bits per heavy atom. The second-order valence-corrected chi connectivity index (χ2v) is 4.35. The van der Waals surface area contributed by atoms with Gasteiger partial charge in [0.15, 0.2) is 0 Å². The minimum absolute atomic E-state index is 0.148. The van der Waals surface area contributed by atoms with E-state index in [4.69, 9.17) is 5.73 Å². The molecule has 19 heavy (non-hydrogen) atoms. The molecule has 5 heteroatoms. The molecule has 0 bridgehead atoms. The van der Waals surface area contributed by atoms with Crippen molar-refractivity contribution in [3.63, 3.8) is 0 Å². The Hall–Kier alpha value is -2.17. The number of hydrogen-bond acceptors (Lipinski definition) is 4. The van der Waals surface area contributed by atoms with E-state index in [-0.39, 0.29) is 5.82 Å². The van der Waals surface area contributed by atoms with Crippen LogP contribution in [0.15, 0.2) is 30.3 Å². The summed E-state index contributed by atoms with van der Waals surface area (Å²) < 4.78 is 13.4. The molecule has 1 aromatic heterocycles. The summed E-state index contributed by atoms with van der Waals surface area (Å²) in [4.78, 5) is 8.22. The van der Waals surface area contributed by atoms with Gasteiger partial charge in [-0.25, -0.2) is 14.4 Å². The SMILES string of the molecule is Cc1nc(N)cc(NCCCc2ccccc2F)n1. The highest BCUT2D eigenvalue weighted by Crippen LogP contribution is 2.10. The van der Waals surface area contributed by atoms with Crippen LogP contribution in [-0.2, 0) is 6.42 Å². The van der Waals surface area contributed by atoms with E-state index < -0.39 is 0 Å². The van der Waals surface area contributed by atoms with Crippen molar-refractivity contribution in [1.82, 2.24) is 9.97 Å². The average molecular weight is 260 g/mol. The lowest BCUT2D eigenvalue weighted by Crippen LogP contribution is -2.07. The van der Waals surface area contributed by atoms with Gasteiger partial charge in [-0.1, -0.05) is 18.2 Å². The maximum absolute atomic E-state index is 13.4. The van der Waals surface area contributed by atoms with Gasteiger partial charge in [0.25, 0.3) is 0 Å². The highest BCUT2D eigenvalue weighted by atomic mass is 19.1. The van der Waals surface area contributed by atoms with E-state index in [9.17, 15) is 4.39 Å². The highest BCUT2D eigenvalue weighted by Gasteiger charge is 2.01. The molecule has 0 aliphatic heterocycles. The number of rotatable bonds is 5. The third-order valence-electron chi connectivity index (χ3n) is 2.74. The number of nitrogen functional groups attached to an aromatic ring is 1. The second-order valence-electron chi connectivity index (χ2n) is 4.35. The van der Waals surface area contributed by atoms with Gasteiger partial charge in [-0.05, 0) is 31.4 Å². The fourth-order valence-electron chi connectivity index (χ4n) is 1.88. The van der Waals surface area contributed by atoms with Crippen molar-refractivity contribution in [3.8, 4) is 0 Å². The Balaban J connectivity index is 1.82. The third kappa shape index (κ3) is 3.91. The summed E-state index contributed by atoms with van der Waals surface area (Å²) in [6.45, 7) is 2.51. The van der Waals surface area contributed by atoms with Crippen molar-refractivity contribution in [2.24, 2.45) is 0 Å². The van der Waals surface area contributed by atoms with Gasteiger partial charge in [0.1, 0.15) is 23.3 Å². The monoisotopic (exact) mass is 260 g/mol. The Morgan fingerprint density at radius 1 is 1.26 bits per heavy atom. The van der Waals surface area contributed by atoms with Gasteiger partial charge in [0.05, 0.1) is 0 Å². The Kier molecular flexibility index (Phi) is 4.28. The van der Waals surface area contributed by atoms with Crippen LogP contribution < -0.4 is 11.1 Å². The molecule has 1 aromatic carbocycles. The van der Waals surface area contributed by atoms with Crippen LogP contribution in [0.3, 0.4) is 0 Å². The van der Waals surface area contributed by atoms with Crippen LogP contribution in [0.25, 0.3) is 0 Å². The summed E-state index contributed by atoms with van der Waals surface area (Å²) in [5.41, 5.74) is 6.37. The first-order valence-electron chi connectivity index (χ1n) is 6.23. The van der Waals surface area contributed by atoms with Gasteiger partial charge in [-0.15, -0.1) is 0 Å². The summed E-state index contributed by atoms with van der Waals surface area (Å²) in [5.74, 6) is 1.64. The first-order chi connectivity index (χ1) is 9.15. The zero-order chi connectivity index (χ0) is 13.7. The molecule has 2 aromatic rings. The molecule has 100 valence electrons. The van der Waals surface area contributed by atoms with Crippen LogP contribution in [0, 0.1) is 12.7 Å². The second kappa shape index (κ2) is 6.13. The molecule has 0 aliphatic rings. The normalized spacial score (nSPS) is 10.4. The molecule has 4 nitrogen and oxygen atoms in total. The molecule has 0 fully saturated rings. The predicted octanol–water partition coefficient (Wildman–Crippen LogP) is 2.55. The lowest BCUT2D eigenvalue weighted by atomic mass is 10.1. The number of aryl methyl sites for hydroxylation is 2. The Bertz CT molecular complexity index is 537. The predicted molar refractivity (Wildman–Crippen MR) is 74.4 cm³/mol. The molecule has 0 atom stereocenters. The number of nitrogens with zero attached hydrogens (tertiary/aromatic N) is 2. The van der Waals surface area contributed by atoms with E-state index in [1.807, 2.05) is 12.1 Å². The maximum atomic E-state index is 13.4. The summed E-state index contributed by atoms with van der Waals surface area (Å²) in [6, 6.07) is 8.53. The van der Waals surface area contributed by atoms with E-state index in [1.54, 1.807) is 19.1 Å². The number of anilines is 2. The van der Waals surface area contributed by atoms with Gasteiger partial charge in [0, 0.05) is 12.6 Å². The van der Waals surface area contributed by atoms with Crippen molar-refractivity contribution in [3.05, 3.63) is 47.5 Å². The van der Waals surface area contributed by atoms with Crippen molar-refractivity contribution in [1.29, 1.82) is 0 Å². The number of nitrogens with two attached hydrogens (primary N) is 1. The first kappa shape index (κ1) is 13.3. The fourth-order valence-corrected chi connectivity index (χ4v) is 1.88. The number of benzene rings is 1. The molecule has 0 spiro atoms. The Labute approximate surface area is 111 Å². The Morgan fingerprint density at radius 3 is 2.79 bits per heavy atom. The molecular formula is C14H17FN4. The molecule has 0 radical (unpaired) electrons. The molecule has 0 amide bonds. The summed E-state index contributed by atoms with van der Waals surface area (Å²) in [5, 5.41) is 3.16. The van der Waals surface area contributed by atoms with Crippen LogP contribution in [0.4, 0.5) is 16.0 Å². The molecule has 0 saturated heterocycles. The van der Waals surface area contributed by atoms with Crippen molar-refractivity contribution in [2.45, 2.75) is 19.8 Å². The number of nitrogens with one attached hydrogen (secondary N) is 1. The van der Waals surface area contributed by atoms with Gasteiger partial charge < -0.3 is 11.1 Å². The molecule has 2 rings (SSSR count). The minimum Gasteiger partial charge on any atom is -0.384 e. The summed E-state index contributed by atoms with van der Waals surface area (Å²) in [7, 11) is 0. The van der Waals surface area contributed by atoms with Crippen molar-refractivity contribution in [2.75, 3.05) is 17.6 Å². The maximum Gasteiger partial charge on any atom is 0.131 e. The minimum atomic E-state index is -0.148. The third-order valence-corrected chi connectivity index (χ3v) is 2.74. The first-order valence-corrected chi connectivity index (χ1v) is 6.23. The topological polar surface area (TPSA) is 63.8 Å². The molecule has 0 unspecified atom stereocenters. The van der Waals surface area contributed by atoms with Crippen molar-refractivity contribution >= 4 is 11.6 Å². The molecular weight excluding hydrogens is 243 g/mol. The van der Waals surface area contributed by atoms with Crippen LogP contribution in [0.1, 0.15) is 17.8 Å². The van der Waals surface area contributed by atoms with Crippen LogP contribution in [-0.4, -0.2) is 16.5 Å². The van der Waals surface area contributed by atoms with Gasteiger partial charge >= 0.3 is 0 Å². The number of aromatic nitrogens is 2. The standard InChI is InChI=1S/C14H17FN4/c1-10-18-13(16)9-14(19-10)17-8-4-6-11-5-2-3-7-12(11)15/h2-3,5,7,9H,4,6,8H2,1H3,(H3,16,17,18,19).